The molecule has 1 aliphatic rings. The van der Waals surface area contributed by atoms with Gasteiger partial charge in [0.2, 0.25) is 0 Å². The Morgan fingerprint density at radius 3 is 2.32 bits per heavy atom. The van der Waals surface area contributed by atoms with Crippen molar-refractivity contribution in [3.05, 3.63) is 59.8 Å². The zero-order valence-corrected chi connectivity index (χ0v) is 16.4. The number of benzene rings is 2. The molecule has 1 aromatic heterocycles. The van der Waals surface area contributed by atoms with E-state index in [1.54, 1.807) is 0 Å². The van der Waals surface area contributed by atoms with E-state index >= 15 is 0 Å². The summed E-state index contributed by atoms with van der Waals surface area (Å²) in [7, 11) is 2.11. The zero-order chi connectivity index (χ0) is 19.5. The summed E-state index contributed by atoms with van der Waals surface area (Å²) in [6.45, 7) is 5.61. The van der Waals surface area contributed by atoms with Crippen molar-refractivity contribution >= 4 is 28.4 Å². The fourth-order valence-corrected chi connectivity index (χ4v) is 3.51. The van der Waals surface area contributed by atoms with E-state index in [1.807, 2.05) is 48.5 Å². The second-order valence-electron chi connectivity index (χ2n) is 7.14. The van der Waals surface area contributed by atoms with E-state index in [4.69, 9.17) is 9.97 Å². The molecule has 3 aromatic rings. The van der Waals surface area contributed by atoms with Gasteiger partial charge in [-0.15, -0.1) is 0 Å². The van der Waals surface area contributed by atoms with Crippen LogP contribution in [0.3, 0.4) is 0 Å². The molecule has 1 saturated heterocycles. The molecule has 4 rings (SSSR count). The number of nitrogens with zero attached hydrogens (tertiary/aromatic N) is 4. The van der Waals surface area contributed by atoms with E-state index in [2.05, 4.69) is 29.1 Å². The third kappa shape index (κ3) is 3.68. The van der Waals surface area contributed by atoms with E-state index in [-0.39, 0.29) is 5.91 Å². The number of piperazine rings is 1. The van der Waals surface area contributed by atoms with Gasteiger partial charge in [-0.1, -0.05) is 37.3 Å². The van der Waals surface area contributed by atoms with Crippen LogP contribution >= 0.6 is 0 Å². The molecule has 1 amide bonds. The minimum atomic E-state index is -0.215. The van der Waals surface area contributed by atoms with Gasteiger partial charge in [0.25, 0.3) is 5.91 Å². The third-order valence-electron chi connectivity index (χ3n) is 5.22. The van der Waals surface area contributed by atoms with E-state index < -0.39 is 0 Å². The first kappa shape index (κ1) is 18.4. The van der Waals surface area contributed by atoms with Crippen LogP contribution in [0.2, 0.25) is 0 Å². The van der Waals surface area contributed by atoms with Crippen LogP contribution < -0.4 is 10.2 Å². The Labute approximate surface area is 165 Å². The normalized spacial score (nSPS) is 15.0. The fourth-order valence-electron chi connectivity index (χ4n) is 3.51. The van der Waals surface area contributed by atoms with Crippen LogP contribution in [-0.4, -0.2) is 54.0 Å². The number of rotatable bonds is 4. The Morgan fingerprint density at radius 2 is 1.61 bits per heavy atom. The number of amides is 1. The lowest BCUT2D eigenvalue weighted by atomic mass is 10.1. The van der Waals surface area contributed by atoms with Crippen molar-refractivity contribution in [2.24, 2.45) is 0 Å². The number of carbonyl (C=O) groups excluding carboxylic acids is 1. The molecular weight excluding hydrogens is 350 g/mol. The average Bonchev–Trinajstić information content (AvgIpc) is 2.73. The van der Waals surface area contributed by atoms with Crippen LogP contribution in [0.25, 0.3) is 11.0 Å². The molecule has 0 saturated carbocycles. The molecule has 1 aliphatic heterocycles. The largest absolute Gasteiger partial charge is 0.352 e. The van der Waals surface area contributed by atoms with Crippen molar-refractivity contribution in [3.63, 3.8) is 0 Å². The lowest BCUT2D eigenvalue weighted by Crippen LogP contribution is -2.45. The molecule has 2 heterocycles. The van der Waals surface area contributed by atoms with Crippen LogP contribution in [0.15, 0.2) is 48.5 Å². The number of hydrogen-bond donors (Lipinski definition) is 1. The van der Waals surface area contributed by atoms with E-state index in [0.717, 1.165) is 54.9 Å². The Kier molecular flexibility index (Phi) is 5.21. The monoisotopic (exact) mass is 375 g/mol. The second-order valence-corrected chi connectivity index (χ2v) is 7.14. The molecule has 2 aromatic carbocycles. The number of carbonyl (C=O) groups is 1. The van der Waals surface area contributed by atoms with Crippen molar-refractivity contribution < 1.29 is 4.79 Å². The number of para-hydroxylation sites is 3. The number of anilines is 2. The minimum absolute atomic E-state index is 0.215. The van der Waals surface area contributed by atoms with E-state index in [1.165, 1.54) is 0 Å². The van der Waals surface area contributed by atoms with Crippen molar-refractivity contribution in [3.8, 4) is 0 Å². The molecule has 0 bridgehead atoms. The van der Waals surface area contributed by atoms with Crippen molar-refractivity contribution in [1.29, 1.82) is 0 Å². The van der Waals surface area contributed by atoms with Crippen LogP contribution in [0.4, 0.5) is 11.5 Å². The highest BCUT2D eigenvalue weighted by Crippen LogP contribution is 2.24. The SMILES string of the molecule is CCc1ccccc1NC(=O)c1nc2ccccc2nc1N1CCN(C)CC1. The van der Waals surface area contributed by atoms with Crippen LogP contribution in [0.5, 0.6) is 0 Å². The van der Waals surface area contributed by atoms with Gasteiger partial charge in [-0.3, -0.25) is 4.79 Å². The standard InChI is InChI=1S/C22H25N5O/c1-3-16-8-4-5-9-17(16)25-22(28)20-21(27-14-12-26(2)13-15-27)24-19-11-7-6-10-18(19)23-20/h4-11H,3,12-15H2,1-2H3,(H,25,28). The number of fused-ring (bicyclic) bond motifs is 1. The van der Waals surface area contributed by atoms with Crippen molar-refractivity contribution in [2.75, 3.05) is 43.4 Å². The maximum absolute atomic E-state index is 13.2. The molecule has 1 N–H and O–H groups in total. The quantitative estimate of drug-likeness (QED) is 0.759. The Hall–Kier alpha value is -2.99. The molecule has 0 spiro atoms. The predicted octanol–water partition coefficient (Wildman–Crippen LogP) is 3.20. The van der Waals surface area contributed by atoms with Gasteiger partial charge in [0.15, 0.2) is 11.5 Å². The summed E-state index contributed by atoms with van der Waals surface area (Å²) in [5.74, 6) is 0.450. The Balaban J connectivity index is 1.73. The van der Waals surface area contributed by atoms with Gasteiger partial charge in [0, 0.05) is 31.9 Å². The molecule has 1 fully saturated rings. The van der Waals surface area contributed by atoms with Gasteiger partial charge in [-0.25, -0.2) is 9.97 Å². The molecular formula is C22H25N5O. The van der Waals surface area contributed by atoms with Crippen molar-refractivity contribution in [1.82, 2.24) is 14.9 Å². The summed E-state index contributed by atoms with van der Waals surface area (Å²) >= 11 is 0. The number of likely N-dealkylation sites (N-methyl/N-ethyl adjacent to an activating group) is 1. The number of hydrogen-bond acceptors (Lipinski definition) is 5. The van der Waals surface area contributed by atoms with Crippen LogP contribution in [-0.2, 0) is 6.42 Å². The molecule has 6 nitrogen and oxygen atoms in total. The molecule has 6 heteroatoms. The van der Waals surface area contributed by atoms with Gasteiger partial charge in [0.05, 0.1) is 11.0 Å². The maximum atomic E-state index is 13.2. The highest BCUT2D eigenvalue weighted by molar-refractivity contribution is 6.07. The Morgan fingerprint density at radius 1 is 0.964 bits per heavy atom. The molecule has 144 valence electrons. The molecule has 0 radical (unpaired) electrons. The average molecular weight is 375 g/mol. The first-order valence-corrected chi connectivity index (χ1v) is 9.75. The lowest BCUT2D eigenvalue weighted by molar-refractivity contribution is 0.102. The van der Waals surface area contributed by atoms with E-state index in [0.29, 0.717) is 11.5 Å². The molecule has 0 unspecified atom stereocenters. The van der Waals surface area contributed by atoms with Gasteiger partial charge >= 0.3 is 0 Å². The van der Waals surface area contributed by atoms with Gasteiger partial charge in [-0.05, 0) is 37.2 Å². The summed E-state index contributed by atoms with van der Waals surface area (Å²) in [5, 5.41) is 3.05. The number of aryl methyl sites for hydroxylation is 1. The topological polar surface area (TPSA) is 61.4 Å². The van der Waals surface area contributed by atoms with Crippen molar-refractivity contribution in [2.45, 2.75) is 13.3 Å². The summed E-state index contributed by atoms with van der Waals surface area (Å²) < 4.78 is 0. The van der Waals surface area contributed by atoms with E-state index in [9.17, 15) is 4.79 Å². The summed E-state index contributed by atoms with van der Waals surface area (Å²) in [5.41, 5.74) is 3.85. The number of aromatic nitrogens is 2. The maximum Gasteiger partial charge on any atom is 0.278 e. The highest BCUT2D eigenvalue weighted by Gasteiger charge is 2.24. The zero-order valence-electron chi connectivity index (χ0n) is 16.4. The third-order valence-corrected chi connectivity index (χ3v) is 5.22. The minimum Gasteiger partial charge on any atom is -0.352 e. The summed E-state index contributed by atoms with van der Waals surface area (Å²) in [4.78, 5) is 27.2. The summed E-state index contributed by atoms with van der Waals surface area (Å²) in [6, 6.07) is 15.6. The van der Waals surface area contributed by atoms with Crippen LogP contribution in [0, 0.1) is 0 Å². The van der Waals surface area contributed by atoms with Gasteiger partial charge < -0.3 is 15.1 Å². The lowest BCUT2D eigenvalue weighted by Gasteiger charge is -2.33. The van der Waals surface area contributed by atoms with Gasteiger partial charge in [-0.2, -0.15) is 0 Å². The molecule has 0 aliphatic carbocycles. The first-order valence-electron chi connectivity index (χ1n) is 9.75. The number of nitrogens with one attached hydrogen (secondary N) is 1. The molecule has 0 atom stereocenters. The predicted molar refractivity (Wildman–Crippen MR) is 113 cm³/mol. The first-order chi connectivity index (χ1) is 13.7. The highest BCUT2D eigenvalue weighted by atomic mass is 16.1. The molecule has 28 heavy (non-hydrogen) atoms. The fraction of sp³-hybridized carbons (Fsp3) is 0.318. The summed E-state index contributed by atoms with van der Waals surface area (Å²) in [6.07, 6.45) is 0.852. The smallest absolute Gasteiger partial charge is 0.278 e. The van der Waals surface area contributed by atoms with Crippen LogP contribution in [0.1, 0.15) is 23.0 Å². The van der Waals surface area contributed by atoms with Gasteiger partial charge in [0.1, 0.15) is 0 Å². The Bertz CT molecular complexity index is 995. The second kappa shape index (κ2) is 7.94.